The van der Waals surface area contributed by atoms with Crippen molar-refractivity contribution in [2.75, 3.05) is 26.8 Å². The van der Waals surface area contributed by atoms with Gasteiger partial charge in [-0.05, 0) is 96.3 Å². The Morgan fingerprint density at radius 3 is 2.56 bits per heavy atom. The highest BCUT2D eigenvalue weighted by atomic mass is 127. The molecule has 8 nitrogen and oxygen atoms in total. The number of rotatable bonds is 10. The van der Waals surface area contributed by atoms with Crippen molar-refractivity contribution in [3.8, 4) is 11.6 Å². The van der Waals surface area contributed by atoms with E-state index in [9.17, 15) is 9.90 Å². The van der Waals surface area contributed by atoms with Gasteiger partial charge >= 0.3 is 6.09 Å². The Morgan fingerprint density at radius 2 is 1.93 bits per heavy atom. The van der Waals surface area contributed by atoms with E-state index in [1.807, 2.05) is 38.1 Å². The Balaban J connectivity index is 1.54. The van der Waals surface area contributed by atoms with E-state index in [4.69, 9.17) is 19.2 Å². The van der Waals surface area contributed by atoms with E-state index in [1.54, 1.807) is 12.0 Å². The van der Waals surface area contributed by atoms with Gasteiger partial charge in [0.15, 0.2) is 5.75 Å². The number of pyridine rings is 1. The second-order valence-electron chi connectivity index (χ2n) is 11.7. The van der Waals surface area contributed by atoms with Crippen LogP contribution in [0.1, 0.15) is 51.3 Å². The summed E-state index contributed by atoms with van der Waals surface area (Å²) in [7, 11) is 1.67. The maximum Gasteiger partial charge on any atom is 0.407 e. The van der Waals surface area contributed by atoms with Crippen LogP contribution in [0.3, 0.4) is 0 Å². The Labute approximate surface area is 263 Å². The van der Waals surface area contributed by atoms with Crippen LogP contribution in [0.5, 0.6) is 11.6 Å². The second-order valence-corrected chi connectivity index (χ2v) is 13.6. The molecule has 0 radical (unpaired) electrons. The molecule has 220 valence electrons. The van der Waals surface area contributed by atoms with E-state index in [2.05, 4.69) is 75.5 Å². The van der Waals surface area contributed by atoms with Gasteiger partial charge in [0.2, 0.25) is 5.88 Å². The largest absolute Gasteiger partial charge is 0.483 e. The Morgan fingerprint density at radius 1 is 1.20 bits per heavy atom. The first-order valence-corrected chi connectivity index (χ1v) is 15.8. The fraction of sp³-hybridized carbons (Fsp3) is 0.484. The number of amides is 1. The average molecular weight is 738 g/mol. The zero-order chi connectivity index (χ0) is 29.5. The van der Waals surface area contributed by atoms with Gasteiger partial charge in [0.1, 0.15) is 18.2 Å². The van der Waals surface area contributed by atoms with Crippen molar-refractivity contribution < 1.29 is 24.1 Å². The maximum atomic E-state index is 11.7. The zero-order valence-corrected chi connectivity index (χ0v) is 27.8. The third kappa shape index (κ3) is 6.30. The lowest BCUT2D eigenvalue weighted by Crippen LogP contribution is -2.56. The number of hydrogen-bond acceptors (Lipinski definition) is 6. The van der Waals surface area contributed by atoms with E-state index >= 15 is 0 Å². The van der Waals surface area contributed by atoms with Crippen LogP contribution < -0.4 is 9.47 Å². The number of aromatic nitrogens is 1. The summed E-state index contributed by atoms with van der Waals surface area (Å²) in [5, 5.41) is 10.6. The summed E-state index contributed by atoms with van der Waals surface area (Å²) in [6.07, 6.45) is 0.535. The lowest BCUT2D eigenvalue weighted by molar-refractivity contribution is 0.0472. The molecule has 0 saturated carbocycles. The molecule has 41 heavy (non-hydrogen) atoms. The number of carbonyl (C=O) groups is 1. The quantitative estimate of drug-likeness (QED) is 0.227. The van der Waals surface area contributed by atoms with Gasteiger partial charge in [-0.1, -0.05) is 30.3 Å². The molecule has 2 fully saturated rings. The van der Waals surface area contributed by atoms with E-state index in [0.29, 0.717) is 24.8 Å². The fourth-order valence-electron chi connectivity index (χ4n) is 6.10. The summed E-state index contributed by atoms with van der Waals surface area (Å²) in [5.74, 6) is 1.21. The Hall–Kier alpha value is -2.15. The summed E-state index contributed by atoms with van der Waals surface area (Å²) in [6, 6.07) is 14.6. The van der Waals surface area contributed by atoms with E-state index < -0.39 is 6.09 Å². The van der Waals surface area contributed by atoms with Crippen LogP contribution in [0.2, 0.25) is 0 Å². The molecular formula is C31H37BrIN3O5. The Kier molecular flexibility index (Phi) is 9.04. The molecule has 2 aromatic carbocycles. The minimum atomic E-state index is -0.820. The predicted octanol–water partition coefficient (Wildman–Crippen LogP) is 6.91. The summed E-state index contributed by atoms with van der Waals surface area (Å²) in [5.41, 5.74) is 2.72. The monoisotopic (exact) mass is 737 g/mol. The van der Waals surface area contributed by atoms with E-state index in [1.165, 1.54) is 0 Å². The normalized spacial score (nSPS) is 20.4. The molecular weight excluding hydrogens is 701 g/mol. The number of likely N-dealkylation sites (tertiary alicyclic amines) is 2. The number of halogens is 2. The second kappa shape index (κ2) is 12.2. The highest BCUT2D eigenvalue weighted by Gasteiger charge is 2.49. The molecule has 0 aliphatic carbocycles. The molecule has 10 heteroatoms. The smallest absolute Gasteiger partial charge is 0.407 e. The Bertz CT molecular complexity index is 1420. The van der Waals surface area contributed by atoms with Gasteiger partial charge < -0.3 is 24.2 Å². The standard InChI is InChI=1S/C31H37BrIN3O5/c1-18(39-5)17-40-26-11-21(14-31(3,4)36-16-22-12-23(36)15-35(22)30(37)38)24-13-25(33)27(32)29(28(24)34-26)41-19(2)20-9-7-6-8-10-20/h6-11,13,18-19,22-23H,12,14-17H2,1-5H3,(H,37,38)/t18-,19-,22-,23-/m0/s1. The minimum Gasteiger partial charge on any atom is -0.483 e. The van der Waals surface area contributed by atoms with Crippen LogP contribution in [0.4, 0.5) is 4.79 Å². The average Bonchev–Trinajstić information content (AvgIpc) is 3.57. The lowest BCUT2D eigenvalue weighted by Gasteiger charge is -2.43. The van der Waals surface area contributed by atoms with Gasteiger partial charge in [-0.15, -0.1) is 0 Å². The highest BCUT2D eigenvalue weighted by Crippen LogP contribution is 2.43. The van der Waals surface area contributed by atoms with Gasteiger partial charge in [0, 0.05) is 52.8 Å². The molecule has 2 saturated heterocycles. The molecule has 1 amide bonds. The van der Waals surface area contributed by atoms with Gasteiger partial charge in [0.05, 0.1) is 10.6 Å². The van der Waals surface area contributed by atoms with Crippen molar-refractivity contribution in [3.05, 3.63) is 61.6 Å². The fourth-order valence-corrected chi connectivity index (χ4v) is 7.05. The van der Waals surface area contributed by atoms with Crippen LogP contribution in [0.25, 0.3) is 10.9 Å². The molecule has 1 N–H and O–H groups in total. The first-order chi connectivity index (χ1) is 19.5. The van der Waals surface area contributed by atoms with Gasteiger partial charge in [-0.25, -0.2) is 9.78 Å². The SMILES string of the molecule is CO[C@@H](C)COc1cc(CC(C)(C)N2C[C@@H]3C[C@H]2CN3C(=O)O)c2cc(I)c(Br)c(O[C@@H](C)c3ccccc3)c2n1. The lowest BCUT2D eigenvalue weighted by atomic mass is 9.90. The number of hydrogen-bond donors (Lipinski definition) is 1. The van der Waals surface area contributed by atoms with Crippen molar-refractivity contribution in [1.82, 2.24) is 14.8 Å². The first-order valence-electron chi connectivity index (χ1n) is 13.9. The molecule has 2 bridgehead atoms. The van der Waals surface area contributed by atoms with Crippen LogP contribution >= 0.6 is 38.5 Å². The van der Waals surface area contributed by atoms with Crippen molar-refractivity contribution >= 4 is 55.5 Å². The van der Waals surface area contributed by atoms with Crippen molar-refractivity contribution in [2.24, 2.45) is 0 Å². The summed E-state index contributed by atoms with van der Waals surface area (Å²) < 4.78 is 20.1. The topological polar surface area (TPSA) is 84.4 Å². The minimum absolute atomic E-state index is 0.0526. The van der Waals surface area contributed by atoms with Crippen LogP contribution in [-0.2, 0) is 11.2 Å². The number of ether oxygens (including phenoxy) is 3. The van der Waals surface area contributed by atoms with Crippen molar-refractivity contribution in [3.63, 3.8) is 0 Å². The van der Waals surface area contributed by atoms with E-state index in [0.717, 1.165) is 49.5 Å². The third-order valence-electron chi connectivity index (χ3n) is 8.33. The molecule has 3 aromatic rings. The third-order valence-corrected chi connectivity index (χ3v) is 10.7. The number of benzene rings is 2. The summed E-state index contributed by atoms with van der Waals surface area (Å²) >= 11 is 6.13. The molecule has 5 rings (SSSR count). The zero-order valence-electron chi connectivity index (χ0n) is 24.1. The molecule has 2 aliphatic rings. The molecule has 4 atom stereocenters. The highest BCUT2D eigenvalue weighted by molar-refractivity contribution is 14.1. The summed E-state index contributed by atoms with van der Waals surface area (Å²) in [6.45, 7) is 10.2. The van der Waals surface area contributed by atoms with Crippen LogP contribution in [-0.4, -0.2) is 76.5 Å². The number of piperazine rings is 1. The first kappa shape index (κ1) is 30.3. The predicted molar refractivity (Wildman–Crippen MR) is 171 cm³/mol. The number of nitrogens with zero attached hydrogens (tertiary/aromatic N) is 3. The van der Waals surface area contributed by atoms with Gasteiger partial charge in [0.25, 0.3) is 0 Å². The number of carboxylic acid groups (broad SMARTS) is 1. The van der Waals surface area contributed by atoms with Gasteiger partial charge in [-0.2, -0.15) is 0 Å². The van der Waals surface area contributed by atoms with Crippen LogP contribution in [0.15, 0.2) is 46.9 Å². The molecule has 0 unspecified atom stereocenters. The van der Waals surface area contributed by atoms with Crippen LogP contribution in [0, 0.1) is 3.57 Å². The number of methoxy groups -OCH3 is 1. The molecule has 3 heterocycles. The van der Waals surface area contributed by atoms with Crippen molar-refractivity contribution in [1.29, 1.82) is 0 Å². The molecule has 2 aliphatic heterocycles. The van der Waals surface area contributed by atoms with Crippen molar-refractivity contribution in [2.45, 2.75) is 70.4 Å². The molecule has 1 aromatic heterocycles. The van der Waals surface area contributed by atoms with Gasteiger partial charge in [-0.3, -0.25) is 4.90 Å². The summed E-state index contributed by atoms with van der Waals surface area (Å²) in [4.78, 5) is 20.7. The van der Waals surface area contributed by atoms with E-state index in [-0.39, 0.29) is 29.8 Å². The molecule has 0 spiro atoms. The number of fused-ring (bicyclic) bond motifs is 3. The maximum absolute atomic E-state index is 11.7.